The number of carbonyl (C=O) groups is 1. The fourth-order valence-electron chi connectivity index (χ4n) is 4.76. The van der Waals surface area contributed by atoms with Gasteiger partial charge in [-0.2, -0.15) is 9.78 Å². The highest BCUT2D eigenvalue weighted by Crippen LogP contribution is 2.33. The molecule has 0 saturated heterocycles. The molecule has 45 heavy (non-hydrogen) atoms. The minimum Gasteiger partial charge on any atom is -0.496 e. The number of ether oxygens (including phenoxy) is 2. The first-order valence-electron chi connectivity index (χ1n) is 13.7. The lowest BCUT2D eigenvalue weighted by Crippen LogP contribution is -2.21. The van der Waals surface area contributed by atoms with Crippen molar-refractivity contribution in [2.24, 2.45) is 5.10 Å². The lowest BCUT2D eigenvalue weighted by Gasteiger charge is -2.10. The van der Waals surface area contributed by atoms with Crippen LogP contribution in [0.25, 0.3) is 33.5 Å². The van der Waals surface area contributed by atoms with E-state index in [4.69, 9.17) is 13.9 Å². The van der Waals surface area contributed by atoms with Crippen LogP contribution in [0.2, 0.25) is 0 Å². The fourth-order valence-corrected chi connectivity index (χ4v) is 4.76. The first kappa shape index (κ1) is 28.8. The van der Waals surface area contributed by atoms with Gasteiger partial charge < -0.3 is 19.2 Å². The van der Waals surface area contributed by atoms with Crippen molar-refractivity contribution in [3.05, 3.63) is 123 Å². The van der Waals surface area contributed by atoms with Crippen LogP contribution in [0.3, 0.4) is 0 Å². The van der Waals surface area contributed by atoms with Gasteiger partial charge in [0.25, 0.3) is 11.5 Å². The van der Waals surface area contributed by atoms with E-state index in [1.54, 1.807) is 67.8 Å². The van der Waals surface area contributed by atoms with Crippen molar-refractivity contribution >= 4 is 45.4 Å². The SMILES string of the molecule is COc1cccc2oc(-c3nc4ccccc4c(=O)n3N=Cc3ccc(OCC(=O)Nc4ccccc4C)c([N+](=O)[O-])c3)cc12. The number of aromatic nitrogens is 2. The van der Waals surface area contributed by atoms with Gasteiger partial charge in [0.15, 0.2) is 18.1 Å². The number of nitro benzene ring substituents is 1. The molecule has 0 spiro atoms. The molecule has 1 N–H and O–H groups in total. The number of para-hydroxylation sites is 2. The number of methoxy groups -OCH3 is 1. The van der Waals surface area contributed by atoms with E-state index in [0.717, 1.165) is 10.2 Å². The second kappa shape index (κ2) is 12.1. The second-order valence-electron chi connectivity index (χ2n) is 9.93. The normalized spacial score (nSPS) is 11.2. The topological polar surface area (TPSA) is 151 Å². The van der Waals surface area contributed by atoms with Gasteiger partial charge in [-0.25, -0.2) is 4.98 Å². The average molecular weight is 604 g/mol. The first-order chi connectivity index (χ1) is 21.8. The number of aryl methyl sites for hydroxylation is 1. The minimum atomic E-state index is -0.622. The number of fused-ring (bicyclic) bond motifs is 2. The average Bonchev–Trinajstić information content (AvgIpc) is 3.49. The molecule has 0 aliphatic heterocycles. The number of amides is 1. The van der Waals surface area contributed by atoms with Gasteiger partial charge in [0.2, 0.25) is 5.82 Å². The number of benzene rings is 4. The van der Waals surface area contributed by atoms with Crippen molar-refractivity contribution in [1.82, 2.24) is 9.66 Å². The molecule has 2 heterocycles. The lowest BCUT2D eigenvalue weighted by molar-refractivity contribution is -0.385. The maximum Gasteiger partial charge on any atom is 0.311 e. The number of nitro groups is 1. The zero-order chi connectivity index (χ0) is 31.5. The Kier molecular flexibility index (Phi) is 7.76. The Morgan fingerprint density at radius 2 is 1.82 bits per heavy atom. The highest BCUT2D eigenvalue weighted by Gasteiger charge is 2.20. The Morgan fingerprint density at radius 1 is 1.02 bits per heavy atom. The van der Waals surface area contributed by atoms with E-state index in [9.17, 15) is 19.7 Å². The molecule has 0 unspecified atom stereocenters. The standard InChI is InChI=1S/C33H25N5O7/c1-20-8-3-5-10-24(20)35-31(39)19-44-29-15-14-21(16-26(29)38(41)42)18-34-37-32(36-25-11-6-4-9-22(25)33(37)40)30-17-23-27(43-2)12-7-13-28(23)45-30/h3-18H,19H2,1-2H3,(H,35,39). The summed E-state index contributed by atoms with van der Waals surface area (Å²) in [6.07, 6.45) is 1.30. The predicted molar refractivity (Wildman–Crippen MR) is 169 cm³/mol. The van der Waals surface area contributed by atoms with Crippen LogP contribution >= 0.6 is 0 Å². The zero-order valence-corrected chi connectivity index (χ0v) is 24.1. The predicted octanol–water partition coefficient (Wildman–Crippen LogP) is 5.93. The van der Waals surface area contributed by atoms with E-state index in [0.29, 0.717) is 38.9 Å². The Labute approximate surface area is 255 Å². The van der Waals surface area contributed by atoms with Crippen LogP contribution < -0.4 is 20.3 Å². The molecule has 12 nitrogen and oxygen atoms in total. The summed E-state index contributed by atoms with van der Waals surface area (Å²) < 4.78 is 18.1. The molecule has 6 aromatic rings. The van der Waals surface area contributed by atoms with E-state index in [1.165, 1.54) is 24.4 Å². The van der Waals surface area contributed by atoms with Gasteiger partial charge in [-0.1, -0.05) is 36.4 Å². The van der Waals surface area contributed by atoms with Gasteiger partial charge >= 0.3 is 5.69 Å². The molecule has 1 amide bonds. The van der Waals surface area contributed by atoms with Crippen LogP contribution in [0, 0.1) is 17.0 Å². The van der Waals surface area contributed by atoms with Crippen molar-refractivity contribution in [3.8, 4) is 23.1 Å². The summed E-state index contributed by atoms with van der Waals surface area (Å²) in [6, 6.07) is 25.2. The number of hydrogen-bond acceptors (Lipinski definition) is 9. The summed E-state index contributed by atoms with van der Waals surface area (Å²) in [5, 5.41) is 20.0. The Bertz CT molecular complexity index is 2180. The Hall–Kier alpha value is -6.30. The Balaban J connectivity index is 1.33. The third-order valence-electron chi connectivity index (χ3n) is 7.00. The van der Waals surface area contributed by atoms with Gasteiger partial charge in [-0.05, 0) is 61.0 Å². The Morgan fingerprint density at radius 3 is 2.62 bits per heavy atom. The van der Waals surface area contributed by atoms with E-state index in [-0.39, 0.29) is 23.0 Å². The van der Waals surface area contributed by atoms with E-state index in [2.05, 4.69) is 15.4 Å². The van der Waals surface area contributed by atoms with Crippen LogP contribution in [-0.2, 0) is 4.79 Å². The maximum atomic E-state index is 13.6. The molecule has 0 aliphatic carbocycles. The van der Waals surface area contributed by atoms with Crippen molar-refractivity contribution in [3.63, 3.8) is 0 Å². The van der Waals surface area contributed by atoms with Crippen molar-refractivity contribution in [2.45, 2.75) is 6.92 Å². The molecule has 0 aliphatic rings. The van der Waals surface area contributed by atoms with Crippen LogP contribution in [0.15, 0.2) is 105 Å². The van der Waals surface area contributed by atoms with Crippen LogP contribution in [-0.4, -0.2) is 40.4 Å². The summed E-state index contributed by atoms with van der Waals surface area (Å²) in [5.41, 5.74) is 1.91. The smallest absolute Gasteiger partial charge is 0.311 e. The third-order valence-corrected chi connectivity index (χ3v) is 7.00. The largest absolute Gasteiger partial charge is 0.496 e. The van der Waals surface area contributed by atoms with Crippen LogP contribution in [0.5, 0.6) is 11.5 Å². The maximum absolute atomic E-state index is 13.6. The van der Waals surface area contributed by atoms with E-state index < -0.39 is 23.0 Å². The lowest BCUT2D eigenvalue weighted by atomic mass is 10.2. The molecule has 2 aromatic heterocycles. The number of carbonyl (C=O) groups excluding carboxylic acids is 1. The summed E-state index contributed by atoms with van der Waals surface area (Å²) >= 11 is 0. The van der Waals surface area contributed by atoms with Crippen molar-refractivity contribution in [1.29, 1.82) is 0 Å². The van der Waals surface area contributed by atoms with Gasteiger partial charge in [0.05, 0.1) is 34.5 Å². The molecular weight excluding hydrogens is 578 g/mol. The fraction of sp³-hybridized carbons (Fsp3) is 0.0909. The van der Waals surface area contributed by atoms with Crippen LogP contribution in [0.4, 0.5) is 11.4 Å². The van der Waals surface area contributed by atoms with E-state index >= 15 is 0 Å². The minimum absolute atomic E-state index is 0.0986. The molecule has 224 valence electrons. The van der Waals surface area contributed by atoms with Gasteiger partial charge in [-0.3, -0.25) is 19.7 Å². The number of nitrogens with one attached hydrogen (secondary N) is 1. The highest BCUT2D eigenvalue weighted by atomic mass is 16.6. The van der Waals surface area contributed by atoms with Crippen molar-refractivity contribution < 1.29 is 23.6 Å². The van der Waals surface area contributed by atoms with Gasteiger partial charge in [-0.15, -0.1) is 0 Å². The van der Waals surface area contributed by atoms with Crippen LogP contribution in [0.1, 0.15) is 11.1 Å². The summed E-state index contributed by atoms with van der Waals surface area (Å²) in [7, 11) is 1.55. The molecule has 12 heteroatoms. The quantitative estimate of drug-likeness (QED) is 0.121. The summed E-state index contributed by atoms with van der Waals surface area (Å²) in [4.78, 5) is 42.0. The van der Waals surface area contributed by atoms with Crippen molar-refractivity contribution in [2.75, 3.05) is 19.0 Å². The van der Waals surface area contributed by atoms with E-state index in [1.807, 2.05) is 19.1 Å². The number of hydrogen-bond donors (Lipinski definition) is 1. The number of rotatable bonds is 9. The van der Waals surface area contributed by atoms with Gasteiger partial charge in [0.1, 0.15) is 11.3 Å². The summed E-state index contributed by atoms with van der Waals surface area (Å²) in [5.74, 6) is 0.417. The molecule has 0 fully saturated rings. The number of anilines is 1. The monoisotopic (exact) mass is 603 g/mol. The first-order valence-corrected chi connectivity index (χ1v) is 13.7. The summed E-state index contributed by atoms with van der Waals surface area (Å²) in [6.45, 7) is 1.41. The third kappa shape index (κ3) is 5.84. The molecular formula is C33H25N5O7. The zero-order valence-electron chi connectivity index (χ0n) is 24.1. The molecule has 0 bridgehead atoms. The molecule has 6 rings (SSSR count). The molecule has 0 saturated carbocycles. The number of nitrogens with zero attached hydrogens (tertiary/aromatic N) is 4. The number of furan rings is 1. The highest BCUT2D eigenvalue weighted by molar-refractivity contribution is 5.93. The molecule has 0 atom stereocenters. The molecule has 0 radical (unpaired) electrons. The second-order valence-corrected chi connectivity index (χ2v) is 9.93. The van der Waals surface area contributed by atoms with Gasteiger partial charge in [0, 0.05) is 17.3 Å². The molecule has 4 aromatic carbocycles.